The Morgan fingerprint density at radius 2 is 1.44 bits per heavy atom. The summed E-state index contributed by atoms with van der Waals surface area (Å²) in [5.74, 6) is 2.77. The first-order valence-corrected chi connectivity index (χ1v) is 21.6. The first kappa shape index (κ1) is 38.9. The average Bonchev–Trinajstić information content (AvgIpc) is 3.94. The van der Waals surface area contributed by atoms with Crippen molar-refractivity contribution in [1.82, 2.24) is 19.5 Å². The Kier molecular flexibility index (Phi) is 11.9. The van der Waals surface area contributed by atoms with Crippen molar-refractivity contribution in [3.05, 3.63) is 180 Å². The quantitative estimate of drug-likeness (QED) is 0.142. The number of oxazole rings is 1. The summed E-state index contributed by atoms with van der Waals surface area (Å²) in [6.45, 7) is 7.00. The van der Waals surface area contributed by atoms with Crippen LogP contribution in [-0.4, -0.2) is 19.5 Å². The Hall–Kier alpha value is -5.94. The molecule has 10 rings (SSSR count). The molecule has 313 valence electrons. The number of aryl methyl sites for hydroxylation is 1. The van der Waals surface area contributed by atoms with E-state index in [1.165, 1.54) is 60.7 Å². The Labute approximate surface area is 383 Å². The van der Waals surface area contributed by atoms with Gasteiger partial charge >= 0.3 is 0 Å². The van der Waals surface area contributed by atoms with E-state index in [1.54, 1.807) is 18.2 Å². The number of rotatable bonds is 8. The standard InChI is InChI=1S/C44H42N3O.C12H10N.Ir/c1-28(2)35-18-13-19-36(29(3)4)42(35)47-39-21-12-11-20-38(39)45-43(47)34-26-37(32-24-22-31(23-25-32)30-14-7-5-8-15-30)41-40(27-34)48-44(46-41)33-16-9-6-10-17-33;1-10-7-8-12(13-9-10)11-5-3-2-4-6-11;/h6,9-13,16-26,28-30H,5,7-8,14-15H2,1-4H3;2-5,7-9H,1H3;/q2*-1;/i;1D3;. The Bertz CT molecular complexity index is 2980. The molecule has 5 nitrogen and oxygen atoms in total. The number of hydrogen-bond donors (Lipinski definition) is 0. The minimum atomic E-state index is -2.09. The maximum atomic E-state index is 7.23. The van der Waals surface area contributed by atoms with Gasteiger partial charge in [0.25, 0.3) is 0 Å². The van der Waals surface area contributed by atoms with Crippen molar-refractivity contribution >= 4 is 22.1 Å². The third-order valence-corrected chi connectivity index (χ3v) is 11.9. The second kappa shape index (κ2) is 19.0. The number of para-hydroxylation sites is 3. The summed E-state index contributed by atoms with van der Waals surface area (Å²) in [5, 5.41) is 0. The summed E-state index contributed by atoms with van der Waals surface area (Å²) in [7, 11) is 0. The number of benzene rings is 6. The Balaban J connectivity index is 0.000000287. The normalized spacial score (nSPS) is 13.9. The minimum Gasteiger partial charge on any atom is -0.457 e. The molecular formula is C56H52IrN4O-2. The average molecular weight is 992 g/mol. The van der Waals surface area contributed by atoms with E-state index in [1.807, 2.05) is 48.5 Å². The van der Waals surface area contributed by atoms with Crippen LogP contribution in [0.5, 0.6) is 0 Å². The molecule has 0 amide bonds. The summed E-state index contributed by atoms with van der Waals surface area (Å²) >= 11 is 0. The van der Waals surface area contributed by atoms with E-state index < -0.39 is 6.85 Å². The van der Waals surface area contributed by atoms with Gasteiger partial charge in [0.1, 0.15) is 0 Å². The molecule has 0 aliphatic heterocycles. The molecule has 0 unspecified atom stereocenters. The van der Waals surface area contributed by atoms with E-state index in [0.717, 1.165) is 55.9 Å². The Morgan fingerprint density at radius 3 is 2.11 bits per heavy atom. The third-order valence-electron chi connectivity index (χ3n) is 11.9. The second-order valence-corrected chi connectivity index (χ2v) is 16.7. The molecule has 3 aromatic heterocycles. The smallest absolute Gasteiger partial charge is 0.215 e. The van der Waals surface area contributed by atoms with Gasteiger partial charge in [0.15, 0.2) is 0 Å². The molecule has 3 heterocycles. The van der Waals surface area contributed by atoms with Gasteiger partial charge < -0.3 is 14.0 Å². The van der Waals surface area contributed by atoms with E-state index in [2.05, 4.69) is 122 Å². The number of nitrogens with zero attached hydrogens (tertiary/aromatic N) is 4. The second-order valence-electron chi connectivity index (χ2n) is 16.7. The van der Waals surface area contributed by atoms with Crippen LogP contribution in [0.2, 0.25) is 0 Å². The molecule has 9 aromatic rings. The summed E-state index contributed by atoms with van der Waals surface area (Å²) in [4.78, 5) is 14.5. The van der Waals surface area contributed by atoms with Crippen LogP contribution < -0.4 is 0 Å². The van der Waals surface area contributed by atoms with Gasteiger partial charge in [0, 0.05) is 47.2 Å². The topological polar surface area (TPSA) is 56.7 Å². The molecule has 0 bridgehead atoms. The van der Waals surface area contributed by atoms with Gasteiger partial charge in [-0.15, -0.1) is 47.5 Å². The third kappa shape index (κ3) is 8.86. The van der Waals surface area contributed by atoms with E-state index in [-0.39, 0.29) is 25.7 Å². The van der Waals surface area contributed by atoms with Crippen LogP contribution in [0.15, 0.2) is 150 Å². The molecule has 62 heavy (non-hydrogen) atoms. The molecular weight excluding hydrogens is 937 g/mol. The summed E-state index contributed by atoms with van der Waals surface area (Å²) in [6.07, 6.45) is 7.96. The molecule has 0 N–H and O–H groups in total. The van der Waals surface area contributed by atoms with E-state index >= 15 is 0 Å². The van der Waals surface area contributed by atoms with Crippen LogP contribution in [0.25, 0.3) is 73.0 Å². The molecule has 6 aromatic carbocycles. The fourth-order valence-electron chi connectivity index (χ4n) is 8.68. The van der Waals surface area contributed by atoms with Crippen LogP contribution in [0.3, 0.4) is 0 Å². The van der Waals surface area contributed by atoms with Crippen LogP contribution in [0, 0.1) is 19.0 Å². The van der Waals surface area contributed by atoms with Gasteiger partial charge in [0.05, 0.1) is 22.4 Å². The number of aromatic nitrogens is 4. The van der Waals surface area contributed by atoms with E-state index in [9.17, 15) is 0 Å². The van der Waals surface area contributed by atoms with Gasteiger partial charge in [-0.05, 0) is 95.2 Å². The van der Waals surface area contributed by atoms with Gasteiger partial charge in [0.2, 0.25) is 5.89 Å². The summed E-state index contributed by atoms with van der Waals surface area (Å²) in [5.41, 5.74) is 14.6. The first-order chi connectivity index (χ1) is 31.0. The molecule has 1 fully saturated rings. The van der Waals surface area contributed by atoms with Crippen molar-refractivity contribution in [1.29, 1.82) is 0 Å². The summed E-state index contributed by atoms with van der Waals surface area (Å²) < 4.78 is 30.6. The first-order valence-electron chi connectivity index (χ1n) is 23.1. The molecule has 1 aliphatic rings. The minimum absolute atomic E-state index is 0. The van der Waals surface area contributed by atoms with Crippen LogP contribution >= 0.6 is 0 Å². The molecule has 1 radical (unpaired) electrons. The molecule has 6 heteroatoms. The molecule has 1 aliphatic carbocycles. The van der Waals surface area contributed by atoms with Crippen molar-refractivity contribution in [2.75, 3.05) is 0 Å². The van der Waals surface area contributed by atoms with Crippen molar-refractivity contribution in [2.45, 2.75) is 84.4 Å². The fraction of sp³-hybridized carbons (Fsp3) is 0.232. The predicted octanol–water partition coefficient (Wildman–Crippen LogP) is 15.1. The largest absolute Gasteiger partial charge is 0.457 e. The van der Waals surface area contributed by atoms with Crippen LogP contribution in [-0.2, 0) is 20.1 Å². The number of imidazole rings is 1. The SMILES string of the molecule is CC(C)c1cccc(C(C)C)c1-n1c(-c2[c-]c3oc(-c4ccccc4)nc3c(-c3ccc(C4CCCCC4)cc3)c2)nc2ccccc21.[2H]C([2H])([2H])c1ccc(-c2[c-]cccc2)nc1.[Ir]. The zero-order valence-corrected chi connectivity index (χ0v) is 38.0. The molecule has 0 saturated heterocycles. The number of pyridine rings is 1. The number of fused-ring (bicyclic) bond motifs is 2. The van der Waals surface area contributed by atoms with Crippen molar-refractivity contribution in [3.8, 4) is 50.9 Å². The zero-order valence-electron chi connectivity index (χ0n) is 38.7. The van der Waals surface area contributed by atoms with E-state index in [4.69, 9.17) is 18.5 Å². The van der Waals surface area contributed by atoms with Gasteiger partial charge in [-0.1, -0.05) is 144 Å². The number of hydrogen-bond acceptors (Lipinski definition) is 4. The predicted molar refractivity (Wildman–Crippen MR) is 251 cm³/mol. The van der Waals surface area contributed by atoms with Crippen molar-refractivity contribution in [2.24, 2.45) is 0 Å². The maximum Gasteiger partial charge on any atom is 0.215 e. The van der Waals surface area contributed by atoms with Crippen molar-refractivity contribution < 1.29 is 28.6 Å². The van der Waals surface area contributed by atoms with E-state index in [0.29, 0.717) is 29.2 Å². The zero-order chi connectivity index (χ0) is 44.4. The molecule has 0 spiro atoms. The van der Waals surface area contributed by atoms with Crippen molar-refractivity contribution in [3.63, 3.8) is 0 Å². The summed E-state index contributed by atoms with van der Waals surface area (Å²) in [6, 6.07) is 54.2. The van der Waals surface area contributed by atoms with Gasteiger partial charge in [-0.2, -0.15) is 0 Å². The van der Waals surface area contributed by atoms with Gasteiger partial charge in [-0.3, -0.25) is 9.97 Å². The molecule has 0 atom stereocenters. The molecule has 1 saturated carbocycles. The Morgan fingerprint density at radius 1 is 0.710 bits per heavy atom. The fourth-order valence-corrected chi connectivity index (χ4v) is 8.68. The van der Waals surface area contributed by atoms with Gasteiger partial charge in [-0.25, -0.2) is 0 Å². The monoisotopic (exact) mass is 992 g/mol. The maximum absolute atomic E-state index is 7.23. The van der Waals surface area contributed by atoms with Crippen LogP contribution in [0.4, 0.5) is 0 Å². The van der Waals surface area contributed by atoms with Crippen LogP contribution in [0.1, 0.15) is 104 Å².